The predicted molar refractivity (Wildman–Crippen MR) is 101 cm³/mol. The van der Waals surface area contributed by atoms with E-state index in [4.69, 9.17) is 14.2 Å². The van der Waals surface area contributed by atoms with E-state index in [0.29, 0.717) is 19.3 Å². The first-order chi connectivity index (χ1) is 12.7. The summed E-state index contributed by atoms with van der Waals surface area (Å²) in [5.74, 6) is -2.07. The molecule has 0 radical (unpaired) electrons. The molecule has 0 amide bonds. The van der Waals surface area contributed by atoms with Crippen LogP contribution in [0.15, 0.2) is 0 Å². The van der Waals surface area contributed by atoms with Crippen molar-refractivity contribution in [3.8, 4) is 0 Å². The molecule has 0 aromatic rings. The van der Waals surface area contributed by atoms with Gasteiger partial charge in [0, 0.05) is 0 Å². The number of hydrogen-bond donors (Lipinski definition) is 1. The third-order valence-corrected chi connectivity index (χ3v) is 4.94. The maximum Gasteiger partial charge on any atom is 0.308 e. The van der Waals surface area contributed by atoms with Crippen LogP contribution in [0.3, 0.4) is 0 Å². The number of carbonyl (C=O) groups excluding carboxylic acids is 3. The van der Waals surface area contributed by atoms with Gasteiger partial charge in [-0.25, -0.2) is 0 Å². The fourth-order valence-electron chi connectivity index (χ4n) is 1.86. The number of ether oxygens (including phenoxy) is 3. The number of esters is 3. The Labute approximate surface area is 162 Å². The maximum absolute atomic E-state index is 12.0. The van der Waals surface area contributed by atoms with Gasteiger partial charge >= 0.3 is 17.9 Å². The SMILES string of the molecule is CCC(C)C(=O)OCC(CO)(COC(=O)C(C)CC)COC(=O)C(C)CC. The standard InChI is InChI=1S/C20H36O7/c1-7-14(4)17(22)25-11-20(10-21,12-26-18(23)15(5)8-2)13-27-19(24)16(6)9-3/h14-16,21H,7-13H2,1-6H3. The van der Waals surface area contributed by atoms with Crippen molar-refractivity contribution in [2.45, 2.75) is 60.8 Å². The first kappa shape index (κ1) is 25.4. The minimum atomic E-state index is -1.19. The quantitative estimate of drug-likeness (QED) is 0.382. The van der Waals surface area contributed by atoms with Gasteiger partial charge in [-0.2, -0.15) is 0 Å². The highest BCUT2D eigenvalue weighted by atomic mass is 16.6. The van der Waals surface area contributed by atoms with Gasteiger partial charge in [0.25, 0.3) is 0 Å². The number of carbonyl (C=O) groups is 3. The van der Waals surface area contributed by atoms with Crippen LogP contribution in [0.4, 0.5) is 0 Å². The Morgan fingerprint density at radius 2 is 0.963 bits per heavy atom. The number of aliphatic hydroxyl groups excluding tert-OH is 1. The van der Waals surface area contributed by atoms with E-state index >= 15 is 0 Å². The van der Waals surface area contributed by atoms with Gasteiger partial charge in [0.15, 0.2) is 0 Å². The number of hydrogen-bond acceptors (Lipinski definition) is 7. The molecule has 3 unspecified atom stereocenters. The van der Waals surface area contributed by atoms with E-state index in [9.17, 15) is 19.5 Å². The molecule has 0 heterocycles. The molecule has 0 aromatic heterocycles. The van der Waals surface area contributed by atoms with Crippen molar-refractivity contribution in [1.29, 1.82) is 0 Å². The number of rotatable bonds is 13. The van der Waals surface area contributed by atoms with E-state index < -0.39 is 29.9 Å². The van der Waals surface area contributed by atoms with Gasteiger partial charge in [0.05, 0.1) is 29.8 Å². The lowest BCUT2D eigenvalue weighted by Crippen LogP contribution is -2.43. The third kappa shape index (κ3) is 8.73. The molecule has 0 fully saturated rings. The van der Waals surface area contributed by atoms with Crippen molar-refractivity contribution in [3.05, 3.63) is 0 Å². The number of aliphatic hydroxyl groups is 1. The molecule has 0 aliphatic carbocycles. The zero-order valence-electron chi connectivity index (χ0n) is 17.6. The second-order valence-corrected chi connectivity index (χ2v) is 7.41. The van der Waals surface area contributed by atoms with Crippen LogP contribution in [0.25, 0.3) is 0 Å². The van der Waals surface area contributed by atoms with E-state index in [0.717, 1.165) is 0 Å². The largest absolute Gasteiger partial charge is 0.465 e. The van der Waals surface area contributed by atoms with E-state index in [1.54, 1.807) is 20.8 Å². The van der Waals surface area contributed by atoms with E-state index in [-0.39, 0.29) is 37.6 Å². The molecule has 0 saturated carbocycles. The maximum atomic E-state index is 12.0. The summed E-state index contributed by atoms with van der Waals surface area (Å²) in [6.07, 6.45) is 1.87. The first-order valence-corrected chi connectivity index (χ1v) is 9.77. The molecule has 7 nitrogen and oxygen atoms in total. The average molecular weight is 389 g/mol. The fraction of sp³-hybridized carbons (Fsp3) is 0.850. The second-order valence-electron chi connectivity index (χ2n) is 7.41. The van der Waals surface area contributed by atoms with Crippen molar-refractivity contribution >= 4 is 17.9 Å². The molecule has 158 valence electrons. The highest BCUT2D eigenvalue weighted by molar-refractivity contribution is 5.73. The van der Waals surface area contributed by atoms with Crippen LogP contribution in [0.2, 0.25) is 0 Å². The molecule has 0 saturated heterocycles. The van der Waals surface area contributed by atoms with Gasteiger partial charge in [-0.3, -0.25) is 14.4 Å². The minimum absolute atomic E-state index is 0.200. The summed E-state index contributed by atoms with van der Waals surface area (Å²) in [7, 11) is 0. The van der Waals surface area contributed by atoms with Gasteiger partial charge in [-0.05, 0) is 19.3 Å². The summed E-state index contributed by atoms with van der Waals surface area (Å²) in [4.78, 5) is 36.0. The van der Waals surface area contributed by atoms with Crippen molar-refractivity contribution in [2.75, 3.05) is 26.4 Å². The van der Waals surface area contributed by atoms with Gasteiger partial charge in [0.1, 0.15) is 19.8 Å². The molecule has 0 aromatic carbocycles. The van der Waals surface area contributed by atoms with E-state index in [1.165, 1.54) is 0 Å². The molecule has 0 spiro atoms. The zero-order valence-corrected chi connectivity index (χ0v) is 17.6. The van der Waals surface area contributed by atoms with Crippen LogP contribution in [0, 0.1) is 23.2 Å². The lowest BCUT2D eigenvalue weighted by molar-refractivity contribution is -0.170. The monoisotopic (exact) mass is 388 g/mol. The summed E-state index contributed by atoms with van der Waals surface area (Å²) in [6.45, 7) is 9.78. The lowest BCUT2D eigenvalue weighted by atomic mass is 9.92. The fourth-order valence-corrected chi connectivity index (χ4v) is 1.86. The molecule has 3 atom stereocenters. The molecule has 7 heteroatoms. The first-order valence-electron chi connectivity index (χ1n) is 9.77. The Bertz CT molecular complexity index is 410. The van der Waals surface area contributed by atoms with Gasteiger partial charge in [-0.1, -0.05) is 41.5 Å². The molecule has 0 rings (SSSR count). The van der Waals surface area contributed by atoms with Crippen LogP contribution < -0.4 is 0 Å². The highest BCUT2D eigenvalue weighted by Crippen LogP contribution is 2.22. The summed E-state index contributed by atoms with van der Waals surface area (Å²) in [6, 6.07) is 0. The molecule has 0 aliphatic heterocycles. The van der Waals surface area contributed by atoms with Crippen molar-refractivity contribution < 1.29 is 33.7 Å². The Morgan fingerprint density at radius 3 is 1.15 bits per heavy atom. The predicted octanol–water partition coefficient (Wildman–Crippen LogP) is 2.73. The average Bonchev–Trinajstić information content (AvgIpc) is 2.70. The van der Waals surface area contributed by atoms with Crippen molar-refractivity contribution in [1.82, 2.24) is 0 Å². The molecule has 0 bridgehead atoms. The Kier molecular flexibility index (Phi) is 11.9. The third-order valence-electron chi connectivity index (χ3n) is 4.94. The zero-order chi connectivity index (χ0) is 21.0. The van der Waals surface area contributed by atoms with Gasteiger partial charge < -0.3 is 19.3 Å². The van der Waals surface area contributed by atoms with Gasteiger partial charge in [0.2, 0.25) is 0 Å². The summed E-state index contributed by atoms with van der Waals surface area (Å²) >= 11 is 0. The molecule has 1 N–H and O–H groups in total. The highest BCUT2D eigenvalue weighted by Gasteiger charge is 2.36. The molecular weight excluding hydrogens is 352 g/mol. The normalized spacial score (nSPS) is 16.6. The molecular formula is C20H36O7. The Morgan fingerprint density at radius 1 is 0.704 bits per heavy atom. The van der Waals surface area contributed by atoms with Crippen LogP contribution in [-0.2, 0) is 28.6 Å². The topological polar surface area (TPSA) is 99.1 Å². The smallest absolute Gasteiger partial charge is 0.308 e. The summed E-state index contributed by atoms with van der Waals surface area (Å²) < 4.78 is 15.9. The second kappa shape index (κ2) is 12.7. The van der Waals surface area contributed by atoms with Crippen LogP contribution >= 0.6 is 0 Å². The Hall–Kier alpha value is -1.63. The Balaban J connectivity index is 5.14. The molecule has 0 aliphatic rings. The summed E-state index contributed by atoms with van der Waals surface area (Å²) in [5.41, 5.74) is -1.19. The van der Waals surface area contributed by atoms with E-state index in [1.807, 2.05) is 20.8 Å². The van der Waals surface area contributed by atoms with Crippen LogP contribution in [0.1, 0.15) is 60.8 Å². The molecule has 27 heavy (non-hydrogen) atoms. The minimum Gasteiger partial charge on any atom is -0.465 e. The van der Waals surface area contributed by atoms with Crippen molar-refractivity contribution in [2.24, 2.45) is 23.2 Å². The van der Waals surface area contributed by atoms with E-state index in [2.05, 4.69) is 0 Å². The lowest BCUT2D eigenvalue weighted by Gasteiger charge is -2.31. The van der Waals surface area contributed by atoms with Crippen molar-refractivity contribution in [3.63, 3.8) is 0 Å². The summed E-state index contributed by atoms with van der Waals surface area (Å²) in [5, 5.41) is 9.93. The van der Waals surface area contributed by atoms with Crippen LogP contribution in [-0.4, -0.2) is 49.4 Å². The van der Waals surface area contributed by atoms with Crippen LogP contribution in [0.5, 0.6) is 0 Å². The van der Waals surface area contributed by atoms with Gasteiger partial charge in [-0.15, -0.1) is 0 Å².